The van der Waals surface area contributed by atoms with Gasteiger partial charge in [0.25, 0.3) is 5.56 Å². The number of aromatic nitrogens is 2. The summed E-state index contributed by atoms with van der Waals surface area (Å²) in [5.41, 5.74) is 6.85. The molecule has 1 heterocycles. The molecule has 0 radical (unpaired) electrons. The number of nitrogens with two attached hydrogens (primary N) is 1. The summed E-state index contributed by atoms with van der Waals surface area (Å²) in [4.78, 5) is 19.0. The van der Waals surface area contributed by atoms with Gasteiger partial charge < -0.3 is 15.8 Å². The first-order valence-electron chi connectivity index (χ1n) is 5.60. The molecule has 18 heavy (non-hydrogen) atoms. The Hall–Kier alpha value is -1.53. The Kier molecular flexibility index (Phi) is 3.58. The third-order valence-corrected chi connectivity index (χ3v) is 4.14. The van der Waals surface area contributed by atoms with E-state index in [1.165, 1.54) is 18.1 Å². The van der Waals surface area contributed by atoms with E-state index in [4.69, 9.17) is 5.73 Å². The molecule has 0 aliphatic carbocycles. The second-order valence-corrected chi connectivity index (χ2v) is 5.62. The molecule has 6 heteroatoms. The minimum atomic E-state index is -0.433. The molecule has 0 aliphatic heterocycles. The van der Waals surface area contributed by atoms with Gasteiger partial charge in [0.2, 0.25) is 0 Å². The predicted octanol–water partition coefficient (Wildman–Crippen LogP) is 1.37. The Morgan fingerprint density at radius 2 is 2.17 bits per heavy atom. The molecule has 0 spiro atoms. The first kappa shape index (κ1) is 12.9. The van der Waals surface area contributed by atoms with Gasteiger partial charge in [0.1, 0.15) is 0 Å². The highest BCUT2D eigenvalue weighted by molar-refractivity contribution is 8.00. The second-order valence-electron chi connectivity index (χ2n) is 4.20. The fourth-order valence-electron chi connectivity index (χ4n) is 1.51. The van der Waals surface area contributed by atoms with E-state index >= 15 is 0 Å². The largest absolute Gasteiger partial charge is 0.398 e. The maximum Gasteiger partial charge on any atom is 0.258 e. The van der Waals surface area contributed by atoms with E-state index in [1.807, 2.05) is 6.92 Å². The highest BCUT2D eigenvalue weighted by atomic mass is 32.2. The molecule has 2 aromatic rings. The Morgan fingerprint density at radius 1 is 1.44 bits per heavy atom. The minimum absolute atomic E-state index is 0.0201. The Bertz CT molecular complexity index is 624. The SMILES string of the molecule is CC(O)C(C)Sc1cc2nc[nH]c(=O)c2cc1N. The molecule has 1 aromatic heterocycles. The van der Waals surface area contributed by atoms with E-state index in [1.54, 1.807) is 19.1 Å². The topological polar surface area (TPSA) is 92.0 Å². The molecule has 0 bridgehead atoms. The first-order valence-corrected chi connectivity index (χ1v) is 6.48. The summed E-state index contributed by atoms with van der Waals surface area (Å²) in [6.07, 6.45) is 0.935. The maximum absolute atomic E-state index is 11.6. The van der Waals surface area contributed by atoms with Crippen LogP contribution in [-0.4, -0.2) is 26.4 Å². The number of nitrogens with one attached hydrogen (secondary N) is 1. The lowest BCUT2D eigenvalue weighted by Gasteiger charge is -2.15. The molecule has 96 valence electrons. The zero-order valence-electron chi connectivity index (χ0n) is 10.2. The lowest BCUT2D eigenvalue weighted by molar-refractivity contribution is 0.196. The van der Waals surface area contributed by atoms with Crippen LogP contribution in [0.3, 0.4) is 0 Å². The van der Waals surface area contributed by atoms with Crippen molar-refractivity contribution in [2.45, 2.75) is 30.1 Å². The number of thioether (sulfide) groups is 1. The number of rotatable bonds is 3. The number of H-pyrrole nitrogens is 1. The normalized spacial score (nSPS) is 14.6. The van der Waals surface area contributed by atoms with E-state index in [0.717, 1.165) is 4.90 Å². The molecule has 0 saturated carbocycles. The van der Waals surface area contributed by atoms with E-state index < -0.39 is 6.10 Å². The molecule has 2 atom stereocenters. The molecule has 0 fully saturated rings. The van der Waals surface area contributed by atoms with Crippen molar-refractivity contribution in [1.29, 1.82) is 0 Å². The maximum atomic E-state index is 11.6. The van der Waals surface area contributed by atoms with Crippen LogP contribution in [-0.2, 0) is 0 Å². The predicted molar refractivity (Wildman–Crippen MR) is 73.8 cm³/mol. The minimum Gasteiger partial charge on any atom is -0.398 e. The van der Waals surface area contributed by atoms with Crippen LogP contribution >= 0.6 is 11.8 Å². The fraction of sp³-hybridized carbons (Fsp3) is 0.333. The number of nitrogens with zero attached hydrogens (tertiary/aromatic N) is 1. The van der Waals surface area contributed by atoms with Gasteiger partial charge in [0.05, 0.1) is 23.3 Å². The third kappa shape index (κ3) is 2.49. The van der Waals surface area contributed by atoms with Crippen molar-refractivity contribution in [3.63, 3.8) is 0 Å². The van der Waals surface area contributed by atoms with Gasteiger partial charge in [-0.25, -0.2) is 4.98 Å². The second kappa shape index (κ2) is 4.99. The van der Waals surface area contributed by atoms with Crippen molar-refractivity contribution in [2.75, 3.05) is 5.73 Å². The highest BCUT2D eigenvalue weighted by Crippen LogP contribution is 2.32. The summed E-state index contributed by atoms with van der Waals surface area (Å²) < 4.78 is 0. The number of aromatic amines is 1. The lowest BCUT2D eigenvalue weighted by Crippen LogP contribution is -2.15. The summed E-state index contributed by atoms with van der Waals surface area (Å²) in [5.74, 6) is 0. The average Bonchev–Trinajstić information content (AvgIpc) is 2.31. The summed E-state index contributed by atoms with van der Waals surface area (Å²) in [6, 6.07) is 3.40. The van der Waals surface area contributed by atoms with E-state index in [9.17, 15) is 9.90 Å². The Morgan fingerprint density at radius 3 is 2.83 bits per heavy atom. The third-order valence-electron chi connectivity index (χ3n) is 2.76. The number of fused-ring (bicyclic) bond motifs is 1. The van der Waals surface area contributed by atoms with Crippen LogP contribution in [0.2, 0.25) is 0 Å². The van der Waals surface area contributed by atoms with Crippen LogP contribution in [0.1, 0.15) is 13.8 Å². The van der Waals surface area contributed by atoms with Crippen molar-refractivity contribution < 1.29 is 5.11 Å². The number of anilines is 1. The fourth-order valence-corrected chi connectivity index (χ4v) is 2.49. The number of hydrogen-bond acceptors (Lipinski definition) is 5. The van der Waals surface area contributed by atoms with Gasteiger partial charge in [-0.3, -0.25) is 4.79 Å². The van der Waals surface area contributed by atoms with Crippen molar-refractivity contribution >= 4 is 28.4 Å². The van der Waals surface area contributed by atoms with Crippen LogP contribution in [0.5, 0.6) is 0 Å². The number of aliphatic hydroxyl groups is 1. The molecule has 4 N–H and O–H groups in total. The first-order chi connectivity index (χ1) is 8.49. The van der Waals surface area contributed by atoms with Gasteiger partial charge in [-0.15, -0.1) is 11.8 Å². The molecule has 0 amide bonds. The monoisotopic (exact) mass is 265 g/mol. The van der Waals surface area contributed by atoms with Crippen LogP contribution in [0.25, 0.3) is 10.9 Å². The Labute approximate surface area is 108 Å². The Balaban J connectivity index is 2.47. The molecule has 2 unspecified atom stereocenters. The molecule has 0 aliphatic rings. The number of aliphatic hydroxyl groups excluding tert-OH is 1. The van der Waals surface area contributed by atoms with Crippen molar-refractivity contribution in [1.82, 2.24) is 9.97 Å². The van der Waals surface area contributed by atoms with Crippen molar-refractivity contribution in [3.8, 4) is 0 Å². The van der Waals surface area contributed by atoms with Crippen LogP contribution < -0.4 is 11.3 Å². The summed E-state index contributed by atoms with van der Waals surface area (Å²) in [5, 5.41) is 9.99. The molecular formula is C12H15N3O2S. The smallest absolute Gasteiger partial charge is 0.258 e. The average molecular weight is 265 g/mol. The molecule has 5 nitrogen and oxygen atoms in total. The molecular weight excluding hydrogens is 250 g/mol. The zero-order valence-corrected chi connectivity index (χ0v) is 11.0. The highest BCUT2D eigenvalue weighted by Gasteiger charge is 2.13. The quantitative estimate of drug-likeness (QED) is 0.576. The standard InChI is InChI=1S/C12H15N3O2S/c1-6(16)7(2)18-11-4-10-8(3-9(11)13)12(17)15-5-14-10/h3-7,16H,13H2,1-2H3,(H,14,15,17). The number of hydrogen-bond donors (Lipinski definition) is 3. The summed E-state index contributed by atoms with van der Waals surface area (Å²) in [6.45, 7) is 3.65. The van der Waals surface area contributed by atoms with Gasteiger partial charge in [-0.1, -0.05) is 6.92 Å². The van der Waals surface area contributed by atoms with Gasteiger partial charge >= 0.3 is 0 Å². The van der Waals surface area contributed by atoms with Gasteiger partial charge in [0, 0.05) is 15.8 Å². The van der Waals surface area contributed by atoms with Crippen LogP contribution in [0.4, 0.5) is 5.69 Å². The van der Waals surface area contributed by atoms with Gasteiger partial charge in [-0.05, 0) is 19.1 Å². The number of benzene rings is 1. The van der Waals surface area contributed by atoms with E-state index in [-0.39, 0.29) is 10.8 Å². The lowest BCUT2D eigenvalue weighted by atomic mass is 10.2. The van der Waals surface area contributed by atoms with Gasteiger partial charge in [0.15, 0.2) is 0 Å². The molecule has 2 rings (SSSR count). The number of nitrogen functional groups attached to an aromatic ring is 1. The van der Waals surface area contributed by atoms with Crippen molar-refractivity contribution in [3.05, 3.63) is 28.8 Å². The summed E-state index contributed by atoms with van der Waals surface area (Å²) in [7, 11) is 0. The molecule has 0 saturated heterocycles. The zero-order chi connectivity index (χ0) is 13.3. The molecule has 1 aromatic carbocycles. The van der Waals surface area contributed by atoms with Crippen LogP contribution in [0.15, 0.2) is 28.2 Å². The van der Waals surface area contributed by atoms with Gasteiger partial charge in [-0.2, -0.15) is 0 Å². The summed E-state index contributed by atoms with van der Waals surface area (Å²) >= 11 is 1.47. The van der Waals surface area contributed by atoms with E-state index in [0.29, 0.717) is 16.6 Å². The van der Waals surface area contributed by atoms with E-state index in [2.05, 4.69) is 9.97 Å². The van der Waals surface area contributed by atoms with Crippen molar-refractivity contribution in [2.24, 2.45) is 0 Å². The van der Waals surface area contributed by atoms with Crippen LogP contribution in [0, 0.1) is 0 Å².